The number of guanidine groups is 1. The average molecular weight is 522 g/mol. The number of aromatic nitrogens is 4. The fraction of sp³-hybridized carbons (Fsp3) is 0.556. The van der Waals surface area contributed by atoms with E-state index in [1.54, 1.807) is 12.3 Å². The Hall–Kier alpha value is -1.46. The lowest BCUT2D eigenvalue weighted by molar-refractivity contribution is 0.145. The lowest BCUT2D eigenvalue weighted by Crippen LogP contribution is -2.39. The number of nitrogens with zero attached hydrogens (tertiary/aromatic N) is 5. The van der Waals surface area contributed by atoms with Crippen LogP contribution in [0, 0.1) is 6.92 Å². The number of halogens is 2. The summed E-state index contributed by atoms with van der Waals surface area (Å²) < 4.78 is 7.31. The van der Waals surface area contributed by atoms with Crippen molar-refractivity contribution < 1.29 is 4.74 Å². The van der Waals surface area contributed by atoms with Gasteiger partial charge >= 0.3 is 0 Å². The summed E-state index contributed by atoms with van der Waals surface area (Å²) in [5.74, 6) is 2.44. The average Bonchev–Trinajstić information content (AvgIpc) is 2.99. The molecule has 2 rings (SSSR count). The van der Waals surface area contributed by atoms with E-state index in [0.717, 1.165) is 62.3 Å². The van der Waals surface area contributed by atoms with Crippen LogP contribution in [0.2, 0.25) is 5.15 Å². The molecular weight excluding hydrogens is 493 g/mol. The molecule has 0 aromatic carbocycles. The second-order valence-corrected chi connectivity index (χ2v) is 6.42. The molecule has 156 valence electrons. The summed E-state index contributed by atoms with van der Waals surface area (Å²) in [5.41, 5.74) is 1.12. The van der Waals surface area contributed by atoms with E-state index in [2.05, 4.69) is 30.8 Å². The molecule has 0 atom stereocenters. The quantitative estimate of drug-likeness (QED) is 0.164. The van der Waals surface area contributed by atoms with Crippen LogP contribution < -0.4 is 10.6 Å². The molecule has 0 radical (unpaired) electrons. The van der Waals surface area contributed by atoms with Crippen molar-refractivity contribution in [1.82, 2.24) is 30.4 Å². The van der Waals surface area contributed by atoms with Crippen LogP contribution in [0.5, 0.6) is 0 Å². The maximum atomic E-state index is 5.82. The Balaban J connectivity index is 0.00000392. The number of aryl methyl sites for hydroxylation is 1. The third-order valence-corrected chi connectivity index (χ3v) is 4.24. The predicted molar refractivity (Wildman–Crippen MR) is 122 cm³/mol. The molecular formula is C18H29ClIN7O. The van der Waals surface area contributed by atoms with E-state index in [9.17, 15) is 0 Å². The number of ether oxygens (including phenoxy) is 1. The first-order valence-electron chi connectivity index (χ1n) is 9.15. The molecule has 0 saturated heterocycles. The van der Waals surface area contributed by atoms with Gasteiger partial charge in [0.25, 0.3) is 0 Å². The van der Waals surface area contributed by atoms with E-state index in [1.807, 2.05) is 31.5 Å². The molecule has 0 amide bonds. The zero-order valence-electron chi connectivity index (χ0n) is 16.6. The van der Waals surface area contributed by atoms with Crippen molar-refractivity contribution in [2.24, 2.45) is 12.0 Å². The highest BCUT2D eigenvalue weighted by atomic mass is 127. The SMILES string of the molecule is CCOCCCNC(=NCc1nnc(C)n1C)NCCc1ccc(Cl)nc1.I. The molecule has 2 heterocycles. The number of nitrogens with one attached hydrogen (secondary N) is 2. The number of hydrogen-bond donors (Lipinski definition) is 2. The monoisotopic (exact) mass is 521 g/mol. The third-order valence-electron chi connectivity index (χ3n) is 4.02. The number of hydrogen-bond acceptors (Lipinski definition) is 5. The Morgan fingerprint density at radius 1 is 1.25 bits per heavy atom. The van der Waals surface area contributed by atoms with Crippen LogP contribution in [0.25, 0.3) is 0 Å². The number of aliphatic imine (C=N–C) groups is 1. The fourth-order valence-electron chi connectivity index (χ4n) is 2.32. The van der Waals surface area contributed by atoms with Crippen LogP contribution in [-0.4, -0.2) is 52.0 Å². The summed E-state index contributed by atoms with van der Waals surface area (Å²) >= 11 is 5.82. The summed E-state index contributed by atoms with van der Waals surface area (Å²) in [6.45, 7) is 7.36. The molecule has 0 aliphatic heterocycles. The van der Waals surface area contributed by atoms with Crippen LogP contribution in [0.1, 0.15) is 30.6 Å². The summed E-state index contributed by atoms with van der Waals surface area (Å²) in [6, 6.07) is 3.78. The van der Waals surface area contributed by atoms with Gasteiger partial charge in [-0.1, -0.05) is 17.7 Å². The Morgan fingerprint density at radius 3 is 2.68 bits per heavy atom. The molecule has 10 heteroatoms. The molecule has 28 heavy (non-hydrogen) atoms. The van der Waals surface area contributed by atoms with Crippen molar-refractivity contribution in [2.45, 2.75) is 33.2 Å². The molecule has 0 fully saturated rings. The van der Waals surface area contributed by atoms with Crippen LogP contribution in [0.3, 0.4) is 0 Å². The lowest BCUT2D eigenvalue weighted by atomic mass is 10.2. The standard InChI is InChI=1S/C18H28ClN7O.HI/c1-4-27-11-5-9-20-18(23-13-17-25-24-14(2)26(17)3)21-10-8-15-6-7-16(19)22-12-15;/h6-7,12H,4-5,8-11,13H2,1-3H3,(H2,20,21,23);1H. The molecule has 0 unspecified atom stereocenters. The number of rotatable bonds is 10. The molecule has 0 aliphatic carbocycles. The molecule has 2 aromatic heterocycles. The molecule has 2 N–H and O–H groups in total. The van der Waals surface area contributed by atoms with Crippen LogP contribution >= 0.6 is 35.6 Å². The van der Waals surface area contributed by atoms with Gasteiger partial charge in [0, 0.05) is 39.5 Å². The van der Waals surface area contributed by atoms with E-state index in [1.165, 1.54) is 0 Å². The maximum Gasteiger partial charge on any atom is 0.191 e. The first kappa shape index (κ1) is 24.6. The Bertz CT molecular complexity index is 721. The minimum absolute atomic E-state index is 0. The van der Waals surface area contributed by atoms with Crippen LogP contribution in [0.4, 0.5) is 0 Å². The minimum Gasteiger partial charge on any atom is -0.382 e. The van der Waals surface area contributed by atoms with Gasteiger partial charge in [-0.15, -0.1) is 34.2 Å². The smallest absolute Gasteiger partial charge is 0.191 e. The molecule has 2 aromatic rings. The summed E-state index contributed by atoms with van der Waals surface area (Å²) in [6.07, 6.45) is 3.53. The Labute approximate surface area is 188 Å². The summed E-state index contributed by atoms with van der Waals surface area (Å²) in [7, 11) is 1.94. The van der Waals surface area contributed by atoms with Gasteiger partial charge in [0.15, 0.2) is 11.8 Å². The topological polar surface area (TPSA) is 89.2 Å². The van der Waals surface area contributed by atoms with Crippen LogP contribution in [-0.2, 0) is 24.8 Å². The second-order valence-electron chi connectivity index (χ2n) is 6.03. The first-order chi connectivity index (χ1) is 13.1. The molecule has 0 aliphatic rings. The third kappa shape index (κ3) is 8.70. The zero-order chi connectivity index (χ0) is 19.5. The lowest BCUT2D eigenvalue weighted by Gasteiger charge is -2.13. The first-order valence-corrected chi connectivity index (χ1v) is 9.53. The van der Waals surface area contributed by atoms with Crippen molar-refractivity contribution in [3.8, 4) is 0 Å². The molecule has 0 bridgehead atoms. The highest BCUT2D eigenvalue weighted by molar-refractivity contribution is 14.0. The van der Waals surface area contributed by atoms with Crippen molar-refractivity contribution in [1.29, 1.82) is 0 Å². The maximum absolute atomic E-state index is 5.82. The number of pyridine rings is 1. The normalized spacial score (nSPS) is 11.2. The van der Waals surface area contributed by atoms with Gasteiger partial charge in [-0.2, -0.15) is 0 Å². The zero-order valence-corrected chi connectivity index (χ0v) is 19.7. The van der Waals surface area contributed by atoms with Gasteiger partial charge in [-0.25, -0.2) is 9.98 Å². The van der Waals surface area contributed by atoms with Gasteiger partial charge in [-0.05, 0) is 38.3 Å². The molecule has 8 nitrogen and oxygen atoms in total. The van der Waals surface area contributed by atoms with E-state index in [0.29, 0.717) is 11.7 Å². The highest BCUT2D eigenvalue weighted by Crippen LogP contribution is 2.05. The largest absolute Gasteiger partial charge is 0.382 e. The predicted octanol–water partition coefficient (Wildman–Crippen LogP) is 2.49. The van der Waals surface area contributed by atoms with E-state index in [-0.39, 0.29) is 24.0 Å². The Kier molecular flexibility index (Phi) is 12.0. The van der Waals surface area contributed by atoms with Crippen molar-refractivity contribution in [3.63, 3.8) is 0 Å². The Morgan fingerprint density at radius 2 is 2.04 bits per heavy atom. The van der Waals surface area contributed by atoms with Gasteiger partial charge in [0.1, 0.15) is 17.5 Å². The fourth-order valence-corrected chi connectivity index (χ4v) is 2.43. The van der Waals surface area contributed by atoms with E-state index in [4.69, 9.17) is 16.3 Å². The summed E-state index contributed by atoms with van der Waals surface area (Å²) in [4.78, 5) is 8.73. The van der Waals surface area contributed by atoms with Crippen molar-refractivity contribution in [3.05, 3.63) is 40.7 Å². The van der Waals surface area contributed by atoms with Gasteiger partial charge in [0.05, 0.1) is 0 Å². The molecule has 0 spiro atoms. The summed E-state index contributed by atoms with van der Waals surface area (Å²) in [5, 5.41) is 15.4. The second kappa shape index (κ2) is 13.7. The van der Waals surface area contributed by atoms with Crippen molar-refractivity contribution >= 4 is 41.5 Å². The van der Waals surface area contributed by atoms with Gasteiger partial charge in [-0.3, -0.25) is 0 Å². The van der Waals surface area contributed by atoms with Crippen LogP contribution in [0.15, 0.2) is 23.3 Å². The molecule has 0 saturated carbocycles. The van der Waals surface area contributed by atoms with E-state index >= 15 is 0 Å². The van der Waals surface area contributed by atoms with Crippen molar-refractivity contribution in [2.75, 3.05) is 26.3 Å². The van der Waals surface area contributed by atoms with Gasteiger partial charge < -0.3 is 19.9 Å². The van der Waals surface area contributed by atoms with E-state index < -0.39 is 0 Å². The minimum atomic E-state index is 0. The van der Waals surface area contributed by atoms with Gasteiger partial charge in [0.2, 0.25) is 0 Å². The highest BCUT2D eigenvalue weighted by Gasteiger charge is 2.05.